The van der Waals surface area contributed by atoms with Crippen molar-refractivity contribution >= 4 is 0 Å². The van der Waals surface area contributed by atoms with E-state index in [-0.39, 0.29) is 12.0 Å². The number of nitriles is 1. The van der Waals surface area contributed by atoms with Crippen LogP contribution in [-0.4, -0.2) is 13.3 Å². The minimum atomic E-state index is -0.482. The Morgan fingerprint density at radius 3 is 2.44 bits per heavy atom. The Bertz CT molecular complexity index is 389. The van der Waals surface area contributed by atoms with Crippen molar-refractivity contribution in [2.24, 2.45) is 0 Å². The summed E-state index contributed by atoms with van der Waals surface area (Å²) >= 11 is 0. The molecule has 0 aromatic heterocycles. The molecule has 0 amide bonds. The standard InChI is InChI=1S/C13H14FNO/c14-8-9-16-12-4-2-11(3-5-12)13(10-15)6-1-7-13/h2-5H,1,6-9H2. The van der Waals surface area contributed by atoms with Crippen LogP contribution >= 0.6 is 0 Å². The second-order valence-electron chi connectivity index (χ2n) is 4.11. The summed E-state index contributed by atoms with van der Waals surface area (Å²) in [6, 6.07) is 9.83. The van der Waals surface area contributed by atoms with E-state index in [0.717, 1.165) is 24.8 Å². The minimum absolute atomic E-state index is 0.0861. The molecule has 2 rings (SSSR count). The Balaban J connectivity index is 2.10. The van der Waals surface area contributed by atoms with Gasteiger partial charge in [-0.05, 0) is 37.0 Å². The highest BCUT2D eigenvalue weighted by Gasteiger charge is 2.38. The molecule has 0 bridgehead atoms. The van der Waals surface area contributed by atoms with Crippen LogP contribution in [0.4, 0.5) is 4.39 Å². The van der Waals surface area contributed by atoms with E-state index in [9.17, 15) is 4.39 Å². The summed E-state index contributed by atoms with van der Waals surface area (Å²) in [6.07, 6.45) is 3.00. The molecule has 16 heavy (non-hydrogen) atoms. The molecule has 2 nitrogen and oxygen atoms in total. The van der Waals surface area contributed by atoms with Crippen LogP contribution in [0.25, 0.3) is 0 Å². The van der Waals surface area contributed by atoms with Crippen molar-refractivity contribution in [2.45, 2.75) is 24.7 Å². The van der Waals surface area contributed by atoms with E-state index in [1.807, 2.05) is 24.3 Å². The predicted octanol–water partition coefficient (Wildman–Crippen LogP) is 2.98. The number of halogens is 1. The van der Waals surface area contributed by atoms with Crippen LogP contribution in [0.5, 0.6) is 5.75 Å². The van der Waals surface area contributed by atoms with E-state index in [0.29, 0.717) is 5.75 Å². The van der Waals surface area contributed by atoms with E-state index in [4.69, 9.17) is 10.00 Å². The third kappa shape index (κ3) is 1.88. The quantitative estimate of drug-likeness (QED) is 0.779. The van der Waals surface area contributed by atoms with Gasteiger partial charge in [0, 0.05) is 0 Å². The maximum atomic E-state index is 11.9. The van der Waals surface area contributed by atoms with E-state index in [1.165, 1.54) is 0 Å². The topological polar surface area (TPSA) is 33.0 Å². The van der Waals surface area contributed by atoms with Gasteiger partial charge in [0.2, 0.25) is 0 Å². The highest BCUT2D eigenvalue weighted by molar-refractivity contribution is 5.38. The molecule has 0 aliphatic heterocycles. The largest absolute Gasteiger partial charge is 0.491 e. The summed E-state index contributed by atoms with van der Waals surface area (Å²) in [5.74, 6) is 0.661. The number of rotatable bonds is 4. The molecule has 0 atom stereocenters. The fraction of sp³-hybridized carbons (Fsp3) is 0.462. The molecule has 1 aromatic rings. The van der Waals surface area contributed by atoms with Crippen molar-refractivity contribution in [3.8, 4) is 11.8 Å². The lowest BCUT2D eigenvalue weighted by Crippen LogP contribution is -2.32. The lowest BCUT2D eigenvalue weighted by Gasteiger charge is -2.35. The first-order valence-corrected chi connectivity index (χ1v) is 5.51. The van der Waals surface area contributed by atoms with Crippen LogP contribution in [0.15, 0.2) is 24.3 Å². The van der Waals surface area contributed by atoms with Gasteiger partial charge < -0.3 is 4.74 Å². The zero-order valence-corrected chi connectivity index (χ0v) is 9.08. The molecule has 1 aromatic carbocycles. The molecular formula is C13H14FNO. The molecule has 0 heterocycles. The minimum Gasteiger partial charge on any atom is -0.491 e. The number of hydrogen-bond acceptors (Lipinski definition) is 2. The zero-order valence-electron chi connectivity index (χ0n) is 9.08. The van der Waals surface area contributed by atoms with Gasteiger partial charge in [0.15, 0.2) is 0 Å². The van der Waals surface area contributed by atoms with Gasteiger partial charge in [-0.3, -0.25) is 0 Å². The van der Waals surface area contributed by atoms with Crippen LogP contribution in [0.3, 0.4) is 0 Å². The molecule has 1 fully saturated rings. The summed E-state index contributed by atoms with van der Waals surface area (Å²) in [5, 5.41) is 9.17. The Kier molecular flexibility index (Phi) is 3.09. The van der Waals surface area contributed by atoms with Crippen molar-refractivity contribution in [1.82, 2.24) is 0 Å². The van der Waals surface area contributed by atoms with Gasteiger partial charge in [-0.1, -0.05) is 12.1 Å². The summed E-state index contributed by atoms with van der Waals surface area (Å²) in [5.41, 5.74) is 0.771. The molecule has 0 saturated heterocycles. The first-order valence-electron chi connectivity index (χ1n) is 5.51. The predicted molar refractivity (Wildman–Crippen MR) is 59.1 cm³/mol. The maximum absolute atomic E-state index is 11.9. The monoisotopic (exact) mass is 219 g/mol. The summed E-state index contributed by atoms with van der Waals surface area (Å²) in [6.45, 7) is -0.396. The highest BCUT2D eigenvalue weighted by Crippen LogP contribution is 2.43. The molecule has 84 valence electrons. The van der Waals surface area contributed by atoms with Crippen LogP contribution < -0.4 is 4.74 Å². The van der Waals surface area contributed by atoms with Crippen LogP contribution in [0.1, 0.15) is 24.8 Å². The number of nitrogens with zero attached hydrogens (tertiary/aromatic N) is 1. The van der Waals surface area contributed by atoms with Gasteiger partial charge in [-0.15, -0.1) is 0 Å². The van der Waals surface area contributed by atoms with Gasteiger partial charge >= 0.3 is 0 Å². The molecule has 0 unspecified atom stereocenters. The van der Waals surface area contributed by atoms with E-state index < -0.39 is 6.67 Å². The fourth-order valence-electron chi connectivity index (χ4n) is 2.02. The normalized spacial score (nSPS) is 17.2. The SMILES string of the molecule is N#CC1(c2ccc(OCCF)cc2)CCC1. The van der Waals surface area contributed by atoms with E-state index in [2.05, 4.69) is 6.07 Å². The molecule has 0 spiro atoms. The van der Waals surface area contributed by atoms with Crippen molar-refractivity contribution < 1.29 is 9.13 Å². The van der Waals surface area contributed by atoms with Gasteiger partial charge in [-0.2, -0.15) is 5.26 Å². The van der Waals surface area contributed by atoms with Crippen molar-refractivity contribution in [2.75, 3.05) is 13.3 Å². The van der Waals surface area contributed by atoms with Crippen molar-refractivity contribution in [1.29, 1.82) is 5.26 Å². The Labute approximate surface area is 94.7 Å². The van der Waals surface area contributed by atoms with Gasteiger partial charge in [0.25, 0.3) is 0 Å². The first-order chi connectivity index (χ1) is 7.80. The molecule has 0 N–H and O–H groups in total. The second-order valence-corrected chi connectivity index (χ2v) is 4.11. The number of alkyl halides is 1. The van der Waals surface area contributed by atoms with E-state index in [1.54, 1.807) is 0 Å². The lowest BCUT2D eigenvalue weighted by atomic mass is 9.65. The summed E-state index contributed by atoms with van der Waals surface area (Å²) < 4.78 is 17.0. The second kappa shape index (κ2) is 4.52. The Hall–Kier alpha value is -1.56. The zero-order chi connectivity index (χ0) is 11.4. The summed E-state index contributed by atoms with van der Waals surface area (Å²) in [7, 11) is 0. The van der Waals surface area contributed by atoms with Gasteiger partial charge in [-0.25, -0.2) is 4.39 Å². The Morgan fingerprint density at radius 1 is 1.31 bits per heavy atom. The van der Waals surface area contributed by atoms with E-state index >= 15 is 0 Å². The average molecular weight is 219 g/mol. The van der Waals surface area contributed by atoms with Crippen molar-refractivity contribution in [3.63, 3.8) is 0 Å². The number of benzene rings is 1. The third-order valence-corrected chi connectivity index (χ3v) is 3.17. The molecular weight excluding hydrogens is 205 g/mol. The Morgan fingerprint density at radius 2 is 2.00 bits per heavy atom. The van der Waals surface area contributed by atoms with Crippen LogP contribution in [-0.2, 0) is 5.41 Å². The van der Waals surface area contributed by atoms with Crippen LogP contribution in [0.2, 0.25) is 0 Å². The number of hydrogen-bond donors (Lipinski definition) is 0. The highest BCUT2D eigenvalue weighted by atomic mass is 19.1. The van der Waals surface area contributed by atoms with Gasteiger partial charge in [0.1, 0.15) is 19.0 Å². The maximum Gasteiger partial charge on any atom is 0.123 e. The lowest BCUT2D eigenvalue weighted by molar-refractivity contribution is 0.272. The van der Waals surface area contributed by atoms with Gasteiger partial charge in [0.05, 0.1) is 11.5 Å². The first kappa shape index (κ1) is 10.9. The third-order valence-electron chi connectivity index (χ3n) is 3.17. The molecule has 1 aliphatic carbocycles. The molecule has 3 heteroatoms. The molecule has 1 saturated carbocycles. The van der Waals surface area contributed by atoms with Crippen LogP contribution in [0, 0.1) is 11.3 Å². The fourth-order valence-corrected chi connectivity index (χ4v) is 2.02. The number of ether oxygens (including phenoxy) is 1. The van der Waals surface area contributed by atoms with Crippen molar-refractivity contribution in [3.05, 3.63) is 29.8 Å². The molecule has 1 aliphatic rings. The average Bonchev–Trinajstić information content (AvgIpc) is 2.27. The summed E-state index contributed by atoms with van der Waals surface area (Å²) in [4.78, 5) is 0. The molecule has 0 radical (unpaired) electrons. The smallest absolute Gasteiger partial charge is 0.123 e.